The van der Waals surface area contributed by atoms with Crippen LogP contribution in [0.1, 0.15) is 38.2 Å². The van der Waals surface area contributed by atoms with Crippen LogP contribution in [-0.2, 0) is 11.2 Å². The summed E-state index contributed by atoms with van der Waals surface area (Å²) in [6.07, 6.45) is 3.66. The first-order valence-corrected chi connectivity index (χ1v) is 7.52. The molecule has 2 rings (SSSR count). The van der Waals surface area contributed by atoms with E-state index in [2.05, 4.69) is 6.92 Å². The van der Waals surface area contributed by atoms with E-state index in [0.717, 1.165) is 25.7 Å². The third-order valence-corrected chi connectivity index (χ3v) is 4.97. The molecule has 1 aromatic rings. The zero-order valence-corrected chi connectivity index (χ0v) is 12.5. The van der Waals surface area contributed by atoms with Gasteiger partial charge in [0.25, 0.3) is 0 Å². The van der Waals surface area contributed by atoms with Gasteiger partial charge in [-0.2, -0.15) is 0 Å². The minimum Gasteiger partial charge on any atom is -0.329 e. The van der Waals surface area contributed by atoms with Gasteiger partial charge in [-0.25, -0.2) is 4.39 Å². The fraction of sp³-hybridized carbons (Fsp3) is 0.562. The van der Waals surface area contributed by atoms with Gasteiger partial charge in [0.1, 0.15) is 11.6 Å². The number of carbonyl (C=O) groups is 1. The number of hydrogen-bond donors (Lipinski definition) is 1. The average Bonchev–Trinajstić information content (AvgIpc) is 2.44. The smallest absolute Gasteiger partial charge is 0.144 e. The van der Waals surface area contributed by atoms with E-state index >= 15 is 0 Å². The van der Waals surface area contributed by atoms with Crippen molar-refractivity contribution in [3.8, 4) is 0 Å². The Labute approximate surface area is 124 Å². The SMILES string of the molecule is CC1CCC(CN)(C(=O)Cc2c(F)cccc2Cl)CC1. The fourth-order valence-electron chi connectivity index (χ4n) is 2.96. The molecule has 0 heterocycles. The van der Waals surface area contributed by atoms with Crippen molar-refractivity contribution in [1.82, 2.24) is 0 Å². The van der Waals surface area contributed by atoms with E-state index in [9.17, 15) is 9.18 Å². The highest BCUT2D eigenvalue weighted by Crippen LogP contribution is 2.40. The maximum absolute atomic E-state index is 13.8. The first kappa shape index (κ1) is 15.5. The van der Waals surface area contributed by atoms with Crippen LogP contribution in [0.15, 0.2) is 18.2 Å². The quantitative estimate of drug-likeness (QED) is 0.920. The van der Waals surface area contributed by atoms with Crippen LogP contribution in [0.25, 0.3) is 0 Å². The van der Waals surface area contributed by atoms with E-state index in [1.807, 2.05) is 0 Å². The molecule has 1 aliphatic carbocycles. The average molecular weight is 298 g/mol. The van der Waals surface area contributed by atoms with Crippen LogP contribution in [-0.4, -0.2) is 12.3 Å². The largest absolute Gasteiger partial charge is 0.329 e. The van der Waals surface area contributed by atoms with Crippen LogP contribution in [0.5, 0.6) is 0 Å². The Morgan fingerprint density at radius 1 is 1.45 bits per heavy atom. The number of ketones is 1. The summed E-state index contributed by atoms with van der Waals surface area (Å²) in [6.45, 7) is 2.53. The first-order valence-electron chi connectivity index (χ1n) is 7.15. The van der Waals surface area contributed by atoms with Gasteiger partial charge >= 0.3 is 0 Å². The number of carbonyl (C=O) groups excluding carboxylic acids is 1. The number of hydrogen-bond acceptors (Lipinski definition) is 2. The van der Waals surface area contributed by atoms with Gasteiger partial charge in [0.05, 0.1) is 0 Å². The van der Waals surface area contributed by atoms with Gasteiger partial charge in [0.2, 0.25) is 0 Å². The molecular weight excluding hydrogens is 277 g/mol. The molecular formula is C16H21ClFNO. The summed E-state index contributed by atoms with van der Waals surface area (Å²) >= 11 is 6.00. The van der Waals surface area contributed by atoms with E-state index in [0.29, 0.717) is 23.0 Å². The summed E-state index contributed by atoms with van der Waals surface area (Å²) in [6, 6.07) is 4.50. The Bertz CT molecular complexity index is 475. The molecule has 2 nitrogen and oxygen atoms in total. The zero-order valence-electron chi connectivity index (χ0n) is 11.8. The highest BCUT2D eigenvalue weighted by molar-refractivity contribution is 6.31. The summed E-state index contributed by atoms with van der Waals surface area (Å²) in [4.78, 5) is 12.6. The molecule has 0 bridgehead atoms. The van der Waals surface area contributed by atoms with E-state index in [-0.39, 0.29) is 12.2 Å². The molecule has 0 aromatic heterocycles. The molecule has 0 spiro atoms. The maximum Gasteiger partial charge on any atom is 0.144 e. The lowest BCUT2D eigenvalue weighted by atomic mass is 9.67. The molecule has 0 amide bonds. The maximum atomic E-state index is 13.8. The molecule has 2 N–H and O–H groups in total. The normalized spacial score (nSPS) is 26.5. The van der Waals surface area contributed by atoms with Gasteiger partial charge in [-0.1, -0.05) is 24.6 Å². The van der Waals surface area contributed by atoms with Gasteiger partial charge in [-0.15, -0.1) is 0 Å². The summed E-state index contributed by atoms with van der Waals surface area (Å²) in [5, 5.41) is 0.315. The molecule has 1 aliphatic rings. The summed E-state index contributed by atoms with van der Waals surface area (Å²) in [7, 11) is 0. The van der Waals surface area contributed by atoms with Crippen LogP contribution in [0.3, 0.4) is 0 Å². The Balaban J connectivity index is 2.18. The van der Waals surface area contributed by atoms with Crippen molar-refractivity contribution in [2.75, 3.05) is 6.54 Å². The number of halogens is 2. The van der Waals surface area contributed by atoms with Crippen molar-refractivity contribution in [2.24, 2.45) is 17.1 Å². The highest BCUT2D eigenvalue weighted by atomic mass is 35.5. The molecule has 1 fully saturated rings. The molecule has 1 saturated carbocycles. The molecule has 1 aromatic carbocycles. The van der Waals surface area contributed by atoms with Crippen LogP contribution in [0.2, 0.25) is 5.02 Å². The Hall–Kier alpha value is -0.930. The zero-order chi connectivity index (χ0) is 14.8. The fourth-order valence-corrected chi connectivity index (χ4v) is 3.19. The van der Waals surface area contributed by atoms with Crippen molar-refractivity contribution in [3.05, 3.63) is 34.6 Å². The Morgan fingerprint density at radius 2 is 2.10 bits per heavy atom. The van der Waals surface area contributed by atoms with Gasteiger partial charge in [-0.3, -0.25) is 4.79 Å². The van der Waals surface area contributed by atoms with E-state index in [4.69, 9.17) is 17.3 Å². The molecule has 0 atom stereocenters. The third kappa shape index (κ3) is 3.04. The van der Waals surface area contributed by atoms with Crippen LogP contribution < -0.4 is 5.73 Å². The number of benzene rings is 1. The van der Waals surface area contributed by atoms with Gasteiger partial charge in [-0.05, 0) is 43.7 Å². The second kappa shape index (κ2) is 6.23. The summed E-state index contributed by atoms with van der Waals surface area (Å²) < 4.78 is 13.8. The van der Waals surface area contributed by atoms with E-state index in [1.165, 1.54) is 6.07 Å². The van der Waals surface area contributed by atoms with E-state index < -0.39 is 11.2 Å². The number of Topliss-reactive ketones (excluding diaryl/α,β-unsaturated/α-hetero) is 1. The summed E-state index contributed by atoms with van der Waals surface area (Å²) in [5.74, 6) is 0.251. The predicted molar refractivity (Wildman–Crippen MR) is 79.2 cm³/mol. The van der Waals surface area contributed by atoms with Crippen molar-refractivity contribution < 1.29 is 9.18 Å². The minimum absolute atomic E-state index is 0.0268. The molecule has 110 valence electrons. The second-order valence-electron chi connectivity index (χ2n) is 5.97. The van der Waals surface area contributed by atoms with Crippen molar-refractivity contribution >= 4 is 17.4 Å². The minimum atomic E-state index is -0.488. The summed E-state index contributed by atoms with van der Waals surface area (Å²) in [5.41, 5.74) is 5.68. The van der Waals surface area contributed by atoms with Gasteiger partial charge < -0.3 is 5.73 Å². The van der Waals surface area contributed by atoms with Gasteiger partial charge in [0.15, 0.2) is 0 Å². The molecule has 0 aliphatic heterocycles. The lowest BCUT2D eigenvalue weighted by Crippen LogP contribution is -2.42. The van der Waals surface area contributed by atoms with Crippen LogP contribution in [0.4, 0.5) is 4.39 Å². The topological polar surface area (TPSA) is 43.1 Å². The number of rotatable bonds is 4. The molecule has 0 unspecified atom stereocenters. The lowest BCUT2D eigenvalue weighted by Gasteiger charge is -2.37. The second-order valence-corrected chi connectivity index (χ2v) is 6.37. The number of nitrogens with two attached hydrogens (primary N) is 1. The van der Waals surface area contributed by atoms with Gasteiger partial charge in [0, 0.05) is 29.0 Å². The van der Waals surface area contributed by atoms with Crippen LogP contribution >= 0.6 is 11.6 Å². The molecule has 4 heteroatoms. The Kier molecular flexibility index (Phi) is 4.82. The monoisotopic (exact) mass is 297 g/mol. The Morgan fingerprint density at radius 3 is 2.65 bits per heavy atom. The lowest BCUT2D eigenvalue weighted by molar-refractivity contribution is -0.129. The van der Waals surface area contributed by atoms with Crippen molar-refractivity contribution in [1.29, 1.82) is 0 Å². The third-order valence-electron chi connectivity index (χ3n) is 4.61. The molecule has 0 radical (unpaired) electrons. The van der Waals surface area contributed by atoms with Crippen molar-refractivity contribution in [2.45, 2.75) is 39.0 Å². The highest BCUT2D eigenvalue weighted by Gasteiger charge is 2.39. The van der Waals surface area contributed by atoms with E-state index in [1.54, 1.807) is 12.1 Å². The first-order chi connectivity index (χ1) is 9.48. The standard InChI is InChI=1S/C16H21ClFNO/c1-11-5-7-16(10-19,8-6-11)15(20)9-12-13(17)3-2-4-14(12)18/h2-4,11H,5-10,19H2,1H3. The molecule has 0 saturated heterocycles. The molecule has 20 heavy (non-hydrogen) atoms. The van der Waals surface area contributed by atoms with Crippen molar-refractivity contribution in [3.63, 3.8) is 0 Å². The van der Waals surface area contributed by atoms with Crippen LogP contribution in [0, 0.1) is 17.2 Å². The predicted octanol–water partition coefficient (Wildman–Crippen LogP) is 3.75.